The van der Waals surface area contributed by atoms with Gasteiger partial charge in [-0.15, -0.1) is 0 Å². The highest BCUT2D eigenvalue weighted by Gasteiger charge is 2.48. The van der Waals surface area contributed by atoms with Crippen molar-refractivity contribution in [1.82, 2.24) is 0 Å². The summed E-state index contributed by atoms with van der Waals surface area (Å²) in [6, 6.07) is 15.8. The molecule has 3 aromatic rings. The van der Waals surface area contributed by atoms with Crippen LogP contribution in [-0.2, 0) is 9.59 Å². The first-order chi connectivity index (χ1) is 16.0. The fraction of sp³-hybridized carbons (Fsp3) is 0.192. The maximum atomic E-state index is 13.1. The molecule has 1 unspecified atom stereocenters. The fourth-order valence-electron chi connectivity index (χ4n) is 3.84. The molecular formula is C26H22N2O5. The monoisotopic (exact) mass is 442 g/mol. The van der Waals surface area contributed by atoms with E-state index in [1.54, 1.807) is 54.6 Å². The van der Waals surface area contributed by atoms with Crippen molar-refractivity contribution in [3.05, 3.63) is 88.9 Å². The lowest BCUT2D eigenvalue weighted by Crippen LogP contribution is -2.29. The molecule has 1 aliphatic rings. The van der Waals surface area contributed by atoms with Crippen molar-refractivity contribution in [3.63, 3.8) is 0 Å². The molecule has 0 aliphatic carbocycles. The van der Waals surface area contributed by atoms with Crippen LogP contribution in [0.3, 0.4) is 0 Å². The minimum atomic E-state index is -0.954. The van der Waals surface area contributed by atoms with Crippen molar-refractivity contribution in [2.75, 3.05) is 11.5 Å². The fourth-order valence-corrected chi connectivity index (χ4v) is 3.84. The van der Waals surface area contributed by atoms with Crippen molar-refractivity contribution in [3.8, 4) is 11.8 Å². The zero-order valence-electron chi connectivity index (χ0n) is 18.2. The second-order valence-corrected chi connectivity index (χ2v) is 7.67. The number of furan rings is 1. The summed E-state index contributed by atoms with van der Waals surface area (Å²) in [5, 5.41) is 20.2. The van der Waals surface area contributed by atoms with E-state index in [0.29, 0.717) is 34.9 Å². The molecule has 1 amide bonds. The third kappa shape index (κ3) is 3.99. The lowest BCUT2D eigenvalue weighted by molar-refractivity contribution is -0.132. The topological polar surface area (TPSA) is 104 Å². The van der Waals surface area contributed by atoms with Crippen molar-refractivity contribution in [2.45, 2.75) is 26.3 Å². The normalized spacial score (nSPS) is 17.2. The Morgan fingerprint density at radius 3 is 2.55 bits per heavy atom. The summed E-state index contributed by atoms with van der Waals surface area (Å²) in [5.74, 6) is -0.880. The zero-order chi connectivity index (χ0) is 23.5. The van der Waals surface area contributed by atoms with E-state index in [2.05, 4.69) is 0 Å². The van der Waals surface area contributed by atoms with Gasteiger partial charge in [0.25, 0.3) is 11.7 Å². The van der Waals surface area contributed by atoms with E-state index < -0.39 is 17.7 Å². The number of amides is 1. The number of rotatable bonds is 6. The van der Waals surface area contributed by atoms with Crippen LogP contribution in [0.4, 0.5) is 5.69 Å². The number of ketones is 1. The summed E-state index contributed by atoms with van der Waals surface area (Å²) < 4.78 is 11.2. The molecule has 1 fully saturated rings. The van der Waals surface area contributed by atoms with Crippen molar-refractivity contribution < 1.29 is 23.8 Å². The molecule has 2 aromatic carbocycles. The summed E-state index contributed by atoms with van der Waals surface area (Å²) in [6.45, 7) is 4.43. The van der Waals surface area contributed by atoms with E-state index in [1.165, 1.54) is 11.2 Å². The van der Waals surface area contributed by atoms with Gasteiger partial charge in [-0.3, -0.25) is 14.5 Å². The lowest BCUT2D eigenvalue weighted by Gasteiger charge is -2.23. The number of Topliss-reactive ketones (excluding diaryl/α,β-unsaturated/α-hetero) is 1. The highest BCUT2D eigenvalue weighted by molar-refractivity contribution is 6.51. The van der Waals surface area contributed by atoms with Gasteiger partial charge in [0.05, 0.1) is 30.1 Å². The van der Waals surface area contributed by atoms with E-state index >= 15 is 0 Å². The average molecular weight is 442 g/mol. The molecule has 0 bridgehead atoms. The van der Waals surface area contributed by atoms with Gasteiger partial charge in [0.15, 0.2) is 0 Å². The quantitative estimate of drug-likeness (QED) is 0.332. The van der Waals surface area contributed by atoms with E-state index in [9.17, 15) is 14.7 Å². The van der Waals surface area contributed by atoms with Gasteiger partial charge in [-0.1, -0.05) is 6.92 Å². The van der Waals surface area contributed by atoms with Crippen LogP contribution in [0.15, 0.2) is 70.9 Å². The van der Waals surface area contributed by atoms with Crippen LogP contribution in [0.5, 0.6) is 5.75 Å². The number of carbonyl (C=O) groups excluding carboxylic acids is 2. The molecule has 1 aliphatic heterocycles. The Morgan fingerprint density at radius 1 is 1.18 bits per heavy atom. The largest absolute Gasteiger partial charge is 0.507 e. The molecule has 2 heterocycles. The Labute approximate surface area is 191 Å². The smallest absolute Gasteiger partial charge is 0.300 e. The second kappa shape index (κ2) is 9.05. The Bertz CT molecular complexity index is 1270. The van der Waals surface area contributed by atoms with E-state index in [0.717, 1.165) is 12.0 Å². The van der Waals surface area contributed by atoms with Crippen molar-refractivity contribution in [1.29, 1.82) is 5.26 Å². The van der Waals surface area contributed by atoms with Gasteiger partial charge in [0.1, 0.15) is 23.3 Å². The lowest BCUT2D eigenvalue weighted by atomic mass is 9.98. The number of hydrogen-bond donors (Lipinski definition) is 1. The predicted molar refractivity (Wildman–Crippen MR) is 122 cm³/mol. The number of ether oxygens (including phenoxy) is 1. The van der Waals surface area contributed by atoms with Crippen LogP contribution in [0.1, 0.15) is 41.8 Å². The van der Waals surface area contributed by atoms with Crippen molar-refractivity contribution >= 4 is 23.1 Å². The molecule has 0 saturated carbocycles. The molecule has 1 N–H and O–H groups in total. The summed E-state index contributed by atoms with van der Waals surface area (Å²) in [7, 11) is 0. The SMILES string of the molecule is CCCOc1ccc(/C(O)=C2/C(=O)C(=O)N(c3ccc(C#N)cc3)C2c2ccco2)cc1C. The van der Waals surface area contributed by atoms with Crippen LogP contribution in [0.25, 0.3) is 5.76 Å². The number of benzene rings is 2. The van der Waals surface area contributed by atoms with Gasteiger partial charge < -0.3 is 14.3 Å². The minimum absolute atomic E-state index is 0.0686. The zero-order valence-corrected chi connectivity index (χ0v) is 18.2. The first-order valence-corrected chi connectivity index (χ1v) is 10.5. The van der Waals surface area contributed by atoms with Gasteiger partial charge >= 0.3 is 0 Å². The van der Waals surface area contributed by atoms with Crippen LogP contribution in [0.2, 0.25) is 0 Å². The number of carbonyl (C=O) groups is 2. The first kappa shape index (κ1) is 21.9. The number of aryl methyl sites for hydroxylation is 1. The molecule has 0 spiro atoms. The number of aliphatic hydroxyl groups is 1. The minimum Gasteiger partial charge on any atom is -0.507 e. The Morgan fingerprint density at radius 2 is 1.94 bits per heavy atom. The van der Waals surface area contributed by atoms with E-state index in [-0.39, 0.29) is 11.3 Å². The molecule has 4 rings (SSSR count). The van der Waals surface area contributed by atoms with Crippen LogP contribution in [0, 0.1) is 18.3 Å². The maximum absolute atomic E-state index is 13.1. The Kier molecular flexibility index (Phi) is 6.01. The number of nitrogens with zero attached hydrogens (tertiary/aromatic N) is 2. The molecule has 166 valence electrons. The Balaban J connectivity index is 1.83. The number of anilines is 1. The molecule has 1 aromatic heterocycles. The van der Waals surface area contributed by atoms with E-state index in [4.69, 9.17) is 14.4 Å². The second-order valence-electron chi connectivity index (χ2n) is 7.67. The van der Waals surface area contributed by atoms with Gasteiger partial charge in [0.2, 0.25) is 0 Å². The molecule has 1 saturated heterocycles. The van der Waals surface area contributed by atoms with Crippen LogP contribution in [-0.4, -0.2) is 23.4 Å². The predicted octanol–water partition coefficient (Wildman–Crippen LogP) is 4.87. The summed E-state index contributed by atoms with van der Waals surface area (Å²) in [5.41, 5.74) is 1.96. The molecule has 1 atom stereocenters. The molecule has 0 radical (unpaired) electrons. The summed E-state index contributed by atoms with van der Waals surface area (Å²) >= 11 is 0. The number of nitriles is 1. The molecule has 7 nitrogen and oxygen atoms in total. The maximum Gasteiger partial charge on any atom is 0.300 e. The Hall–Kier alpha value is -4.31. The highest BCUT2D eigenvalue weighted by Crippen LogP contribution is 2.42. The average Bonchev–Trinajstić information content (AvgIpc) is 3.45. The molecule has 7 heteroatoms. The highest BCUT2D eigenvalue weighted by atomic mass is 16.5. The standard InChI is InChI=1S/C26H22N2O5/c1-3-12-32-20-11-8-18(14-16(20)2)24(29)22-23(21-5-4-13-33-21)28(26(31)25(22)30)19-9-6-17(15-27)7-10-19/h4-11,13-14,23,29H,3,12H2,1-2H3/b24-22-. The van der Waals surface area contributed by atoms with Gasteiger partial charge in [-0.05, 0) is 73.5 Å². The van der Waals surface area contributed by atoms with Gasteiger partial charge in [-0.25, -0.2) is 0 Å². The third-order valence-electron chi connectivity index (χ3n) is 5.44. The summed E-state index contributed by atoms with van der Waals surface area (Å²) in [4.78, 5) is 27.4. The van der Waals surface area contributed by atoms with Crippen LogP contribution < -0.4 is 9.64 Å². The summed E-state index contributed by atoms with van der Waals surface area (Å²) in [6.07, 6.45) is 2.31. The van der Waals surface area contributed by atoms with Crippen LogP contribution >= 0.6 is 0 Å². The number of hydrogen-bond acceptors (Lipinski definition) is 6. The van der Waals surface area contributed by atoms with Crippen molar-refractivity contribution in [2.24, 2.45) is 0 Å². The third-order valence-corrected chi connectivity index (χ3v) is 5.44. The first-order valence-electron chi connectivity index (χ1n) is 10.5. The van der Waals surface area contributed by atoms with E-state index in [1.807, 2.05) is 19.9 Å². The molecular weight excluding hydrogens is 420 g/mol. The molecule has 33 heavy (non-hydrogen) atoms. The van der Waals surface area contributed by atoms with Gasteiger partial charge in [-0.2, -0.15) is 5.26 Å². The van der Waals surface area contributed by atoms with Gasteiger partial charge in [0, 0.05) is 11.3 Å². The number of aliphatic hydroxyl groups excluding tert-OH is 1.